The molecule has 1 aromatic carbocycles. The Labute approximate surface area is 77.5 Å². The number of ether oxygens (including phenoxy) is 1. The van der Waals surface area contributed by atoms with Gasteiger partial charge in [-0.15, -0.1) is 0 Å². The predicted octanol–water partition coefficient (Wildman–Crippen LogP) is 2.40. The molecule has 0 saturated carbocycles. The Kier molecular flexibility index (Phi) is 3.55. The first kappa shape index (κ1) is 9.84. The summed E-state index contributed by atoms with van der Waals surface area (Å²) >= 11 is 0. The van der Waals surface area contributed by atoms with Gasteiger partial charge in [0, 0.05) is 18.2 Å². The lowest BCUT2D eigenvalue weighted by atomic mass is 10.3. The molecule has 0 bridgehead atoms. The van der Waals surface area contributed by atoms with Crippen molar-refractivity contribution in [2.24, 2.45) is 0 Å². The van der Waals surface area contributed by atoms with E-state index >= 15 is 0 Å². The van der Waals surface area contributed by atoms with Gasteiger partial charge in [-0.1, -0.05) is 6.07 Å². The van der Waals surface area contributed by atoms with Gasteiger partial charge in [0.05, 0.1) is 6.61 Å². The average molecular weight is 183 g/mol. The van der Waals surface area contributed by atoms with Crippen molar-refractivity contribution in [2.45, 2.75) is 19.5 Å². The van der Waals surface area contributed by atoms with E-state index in [1.807, 2.05) is 6.07 Å². The zero-order valence-electron chi connectivity index (χ0n) is 7.66. The molecular formula is C10H14FNO. The molecule has 0 aliphatic carbocycles. The third-order valence-electron chi connectivity index (χ3n) is 1.64. The van der Waals surface area contributed by atoms with Crippen LogP contribution in [0.3, 0.4) is 0 Å². The van der Waals surface area contributed by atoms with Crippen molar-refractivity contribution in [1.82, 2.24) is 0 Å². The van der Waals surface area contributed by atoms with Crippen molar-refractivity contribution in [3.05, 3.63) is 24.3 Å². The van der Waals surface area contributed by atoms with Crippen LogP contribution in [0.2, 0.25) is 0 Å². The van der Waals surface area contributed by atoms with Crippen LogP contribution in [0.5, 0.6) is 5.75 Å². The predicted molar refractivity (Wildman–Crippen MR) is 51.5 cm³/mol. The fraction of sp³-hybridized carbons (Fsp3) is 0.400. The molecular weight excluding hydrogens is 169 g/mol. The van der Waals surface area contributed by atoms with Crippen molar-refractivity contribution in [3.8, 4) is 5.75 Å². The fourth-order valence-corrected chi connectivity index (χ4v) is 0.944. The number of nitrogens with two attached hydrogens (primary N) is 1. The molecule has 1 atom stereocenters. The number of alkyl halides is 1. The number of anilines is 1. The smallest absolute Gasteiger partial charge is 0.121 e. The largest absolute Gasteiger partial charge is 0.493 e. The zero-order valence-corrected chi connectivity index (χ0v) is 7.66. The first-order chi connectivity index (χ1) is 6.18. The second-order valence-electron chi connectivity index (χ2n) is 2.99. The van der Waals surface area contributed by atoms with E-state index in [0.717, 1.165) is 0 Å². The van der Waals surface area contributed by atoms with Crippen LogP contribution in [-0.4, -0.2) is 12.8 Å². The quantitative estimate of drug-likeness (QED) is 0.727. The van der Waals surface area contributed by atoms with E-state index < -0.39 is 6.17 Å². The van der Waals surface area contributed by atoms with Crippen molar-refractivity contribution in [2.75, 3.05) is 12.3 Å². The third kappa shape index (κ3) is 3.78. The Morgan fingerprint density at radius 1 is 1.54 bits per heavy atom. The molecule has 0 aliphatic rings. The Morgan fingerprint density at radius 2 is 2.31 bits per heavy atom. The van der Waals surface area contributed by atoms with Gasteiger partial charge in [-0.2, -0.15) is 0 Å². The van der Waals surface area contributed by atoms with Gasteiger partial charge in [0.2, 0.25) is 0 Å². The summed E-state index contributed by atoms with van der Waals surface area (Å²) in [6, 6.07) is 7.12. The topological polar surface area (TPSA) is 35.2 Å². The zero-order chi connectivity index (χ0) is 9.68. The summed E-state index contributed by atoms with van der Waals surface area (Å²) in [4.78, 5) is 0. The molecule has 0 aliphatic heterocycles. The second kappa shape index (κ2) is 4.70. The van der Waals surface area contributed by atoms with Crippen molar-refractivity contribution in [3.63, 3.8) is 0 Å². The minimum absolute atomic E-state index is 0.390. The molecule has 0 amide bonds. The lowest BCUT2D eigenvalue weighted by Gasteiger charge is -2.06. The van der Waals surface area contributed by atoms with E-state index in [1.54, 1.807) is 18.2 Å². The Morgan fingerprint density at radius 3 is 2.92 bits per heavy atom. The molecule has 3 heteroatoms. The molecule has 0 spiro atoms. The molecule has 0 aromatic heterocycles. The van der Waals surface area contributed by atoms with Gasteiger partial charge >= 0.3 is 0 Å². The molecule has 0 heterocycles. The van der Waals surface area contributed by atoms with E-state index in [-0.39, 0.29) is 0 Å². The van der Waals surface area contributed by atoms with Gasteiger partial charge < -0.3 is 10.5 Å². The molecule has 1 unspecified atom stereocenters. The van der Waals surface area contributed by atoms with Crippen LogP contribution >= 0.6 is 0 Å². The van der Waals surface area contributed by atoms with E-state index in [1.165, 1.54) is 6.92 Å². The maximum atomic E-state index is 12.4. The van der Waals surface area contributed by atoms with E-state index in [4.69, 9.17) is 10.5 Å². The van der Waals surface area contributed by atoms with Gasteiger partial charge in [-0.05, 0) is 19.1 Å². The van der Waals surface area contributed by atoms with Crippen molar-refractivity contribution in [1.29, 1.82) is 0 Å². The summed E-state index contributed by atoms with van der Waals surface area (Å²) in [5.74, 6) is 0.695. The van der Waals surface area contributed by atoms with Crippen LogP contribution in [0.15, 0.2) is 24.3 Å². The minimum atomic E-state index is -0.818. The lowest BCUT2D eigenvalue weighted by Crippen LogP contribution is -2.03. The number of halogens is 1. The summed E-state index contributed by atoms with van der Waals surface area (Å²) in [6.07, 6.45) is -0.407. The monoisotopic (exact) mass is 183 g/mol. The highest BCUT2D eigenvalue weighted by atomic mass is 19.1. The molecule has 1 rings (SSSR count). The maximum absolute atomic E-state index is 12.4. The van der Waals surface area contributed by atoms with Gasteiger partial charge in [0.1, 0.15) is 11.9 Å². The van der Waals surface area contributed by atoms with Crippen molar-refractivity contribution < 1.29 is 9.13 Å². The second-order valence-corrected chi connectivity index (χ2v) is 2.99. The summed E-state index contributed by atoms with van der Waals surface area (Å²) in [5, 5.41) is 0. The number of hydrogen-bond donors (Lipinski definition) is 1. The molecule has 2 N–H and O–H groups in total. The first-order valence-corrected chi connectivity index (χ1v) is 4.31. The lowest BCUT2D eigenvalue weighted by molar-refractivity contribution is 0.247. The first-order valence-electron chi connectivity index (χ1n) is 4.31. The highest BCUT2D eigenvalue weighted by molar-refractivity contribution is 5.43. The summed E-state index contributed by atoms with van der Waals surface area (Å²) in [5.41, 5.74) is 6.19. The molecule has 0 fully saturated rings. The number of rotatable bonds is 4. The van der Waals surface area contributed by atoms with Crippen LogP contribution in [0.1, 0.15) is 13.3 Å². The Bertz CT molecular complexity index is 263. The Balaban J connectivity index is 2.37. The van der Waals surface area contributed by atoms with Crippen LogP contribution in [0, 0.1) is 0 Å². The van der Waals surface area contributed by atoms with E-state index in [2.05, 4.69) is 0 Å². The van der Waals surface area contributed by atoms with Crippen LogP contribution in [0.4, 0.5) is 10.1 Å². The third-order valence-corrected chi connectivity index (χ3v) is 1.64. The average Bonchev–Trinajstić information content (AvgIpc) is 2.03. The molecule has 0 saturated heterocycles. The molecule has 1 aromatic rings. The van der Waals surface area contributed by atoms with Gasteiger partial charge in [-0.25, -0.2) is 4.39 Å². The maximum Gasteiger partial charge on any atom is 0.121 e. The molecule has 2 nitrogen and oxygen atoms in total. The van der Waals surface area contributed by atoms with Gasteiger partial charge in [-0.3, -0.25) is 0 Å². The fourth-order valence-electron chi connectivity index (χ4n) is 0.944. The van der Waals surface area contributed by atoms with Gasteiger partial charge in [0.15, 0.2) is 0 Å². The van der Waals surface area contributed by atoms with Crippen LogP contribution in [0.25, 0.3) is 0 Å². The normalized spacial score (nSPS) is 12.5. The van der Waals surface area contributed by atoms with E-state index in [0.29, 0.717) is 24.5 Å². The van der Waals surface area contributed by atoms with Crippen LogP contribution < -0.4 is 10.5 Å². The summed E-state index contributed by atoms with van der Waals surface area (Å²) in [6.45, 7) is 1.91. The summed E-state index contributed by atoms with van der Waals surface area (Å²) in [7, 11) is 0. The van der Waals surface area contributed by atoms with Crippen molar-refractivity contribution >= 4 is 5.69 Å². The standard InChI is InChI=1S/C10H14FNO/c1-8(11)5-6-13-10-4-2-3-9(12)7-10/h2-4,7-8H,5-6,12H2,1H3. The number of nitrogen functional groups attached to an aromatic ring is 1. The number of hydrogen-bond acceptors (Lipinski definition) is 2. The number of benzene rings is 1. The van der Waals surface area contributed by atoms with E-state index in [9.17, 15) is 4.39 Å². The molecule has 13 heavy (non-hydrogen) atoms. The highest BCUT2D eigenvalue weighted by Crippen LogP contribution is 2.14. The molecule has 72 valence electrons. The SMILES string of the molecule is CC(F)CCOc1cccc(N)c1. The van der Waals surface area contributed by atoms with Gasteiger partial charge in [0.25, 0.3) is 0 Å². The summed E-state index contributed by atoms with van der Waals surface area (Å²) < 4.78 is 17.7. The molecule has 0 radical (unpaired) electrons. The highest BCUT2D eigenvalue weighted by Gasteiger charge is 1.98. The minimum Gasteiger partial charge on any atom is -0.493 e. The Hall–Kier alpha value is -1.25. The van der Waals surface area contributed by atoms with Crippen LogP contribution in [-0.2, 0) is 0 Å².